The summed E-state index contributed by atoms with van der Waals surface area (Å²) in [6.07, 6.45) is 7.22. The van der Waals surface area contributed by atoms with E-state index in [9.17, 15) is 31.6 Å². The molecule has 248 valence electrons. The van der Waals surface area contributed by atoms with Crippen molar-refractivity contribution in [2.24, 2.45) is 11.7 Å². The fourth-order valence-electron chi connectivity index (χ4n) is 6.25. The molecule has 2 saturated carbocycles. The van der Waals surface area contributed by atoms with Gasteiger partial charge in [0.1, 0.15) is 17.7 Å². The molecule has 15 heteroatoms. The molecule has 4 aliphatic rings. The van der Waals surface area contributed by atoms with E-state index in [1.807, 2.05) is 12.2 Å². The summed E-state index contributed by atoms with van der Waals surface area (Å²) in [7, 11) is -3.89. The number of ether oxygens (including phenoxy) is 1. The maximum atomic E-state index is 14.7. The van der Waals surface area contributed by atoms with Gasteiger partial charge >= 0.3 is 0 Å². The molecular formula is C31H38F2N6O6S. The van der Waals surface area contributed by atoms with Gasteiger partial charge in [0, 0.05) is 19.3 Å². The fraction of sp³-hybridized carbons (Fsp3) is 0.581. The quantitative estimate of drug-likeness (QED) is 0.393. The Hall–Kier alpha value is -3.72. The van der Waals surface area contributed by atoms with Crippen molar-refractivity contribution < 1.29 is 36.3 Å². The van der Waals surface area contributed by atoms with Crippen molar-refractivity contribution in [1.82, 2.24) is 24.9 Å². The van der Waals surface area contributed by atoms with Crippen molar-refractivity contribution in [2.45, 2.75) is 99.6 Å². The van der Waals surface area contributed by atoms with Crippen LogP contribution in [0.2, 0.25) is 0 Å². The van der Waals surface area contributed by atoms with Gasteiger partial charge in [-0.2, -0.15) is 8.78 Å². The summed E-state index contributed by atoms with van der Waals surface area (Å²) in [4.78, 5) is 50.7. The van der Waals surface area contributed by atoms with E-state index in [1.54, 1.807) is 24.3 Å². The lowest BCUT2D eigenvalue weighted by Crippen LogP contribution is -2.57. The predicted octanol–water partition coefficient (Wildman–Crippen LogP) is 2.42. The minimum atomic E-state index is -3.89. The Balaban J connectivity index is 1.29. The summed E-state index contributed by atoms with van der Waals surface area (Å²) in [6, 6.07) is 4.42. The van der Waals surface area contributed by atoms with E-state index in [4.69, 9.17) is 10.5 Å². The van der Waals surface area contributed by atoms with Crippen LogP contribution in [-0.4, -0.2) is 76.5 Å². The molecule has 3 fully saturated rings. The maximum Gasteiger partial charge on any atom is 0.292 e. The number of fused-ring (bicyclic) bond motifs is 3. The van der Waals surface area contributed by atoms with Gasteiger partial charge in [-0.3, -0.25) is 19.1 Å². The topological polar surface area (TPSA) is 174 Å². The summed E-state index contributed by atoms with van der Waals surface area (Å²) in [5.41, 5.74) is 4.67. The van der Waals surface area contributed by atoms with Crippen molar-refractivity contribution in [3.05, 3.63) is 42.1 Å². The molecule has 46 heavy (non-hydrogen) atoms. The van der Waals surface area contributed by atoms with Gasteiger partial charge in [-0.1, -0.05) is 37.1 Å². The zero-order chi connectivity index (χ0) is 32.9. The highest BCUT2D eigenvalue weighted by Gasteiger charge is 2.62. The second kappa shape index (κ2) is 12.1. The van der Waals surface area contributed by atoms with Crippen molar-refractivity contribution in [3.63, 3.8) is 0 Å². The van der Waals surface area contributed by atoms with Crippen LogP contribution in [0.3, 0.4) is 0 Å². The lowest BCUT2D eigenvalue weighted by atomic mass is 10.1. The highest BCUT2D eigenvalue weighted by molar-refractivity contribution is 7.91. The van der Waals surface area contributed by atoms with E-state index in [2.05, 4.69) is 20.0 Å². The Morgan fingerprint density at radius 2 is 1.85 bits per heavy atom. The number of carbonyl (C=O) groups excluding carboxylic acids is 3. The number of amides is 3. The average Bonchev–Trinajstić information content (AvgIpc) is 3.92. The van der Waals surface area contributed by atoms with Gasteiger partial charge in [0.2, 0.25) is 27.7 Å². The second-order valence-corrected chi connectivity index (χ2v) is 14.8. The summed E-state index contributed by atoms with van der Waals surface area (Å²) in [5.74, 6) is -6.29. The standard InChI is InChI=1S/C31H38F2N6O6S/c1-30(32,33)25-27(36-23-12-8-7-11-22(23)35-25)45-19-15-24-26(40)37-31(29(42)38-46(43,44)20-13-14-20)16-18(31)9-5-3-2-4-6-10-21(34)28(41)39(24)17-19/h5,7-9,11-12,18-21,24H,2-4,6,10,13-17,34H2,1H3,(H,37,40)(H,38,42)/t18-,19-,21+,24+,31-/m1/s1. The molecule has 0 bridgehead atoms. The molecule has 1 saturated heterocycles. The molecule has 0 unspecified atom stereocenters. The van der Waals surface area contributed by atoms with Crippen LogP contribution in [0.15, 0.2) is 36.4 Å². The normalized spacial score (nSPS) is 29.3. The molecule has 5 atom stereocenters. The Labute approximate surface area is 265 Å². The van der Waals surface area contributed by atoms with Crippen LogP contribution in [-0.2, 0) is 30.3 Å². The number of hydrogen-bond acceptors (Lipinski definition) is 9. The number of nitrogens with two attached hydrogens (primary N) is 1. The lowest BCUT2D eigenvalue weighted by Gasteiger charge is -2.28. The molecule has 4 N–H and O–H groups in total. The molecule has 2 aliphatic heterocycles. The van der Waals surface area contributed by atoms with Crippen LogP contribution in [0, 0.1) is 5.92 Å². The van der Waals surface area contributed by atoms with Crippen LogP contribution in [0.25, 0.3) is 11.0 Å². The van der Waals surface area contributed by atoms with Crippen molar-refractivity contribution in [1.29, 1.82) is 0 Å². The first-order valence-corrected chi connectivity index (χ1v) is 17.3. The molecule has 2 aromatic rings. The molecule has 0 spiro atoms. The lowest BCUT2D eigenvalue weighted by molar-refractivity contribution is -0.140. The van der Waals surface area contributed by atoms with E-state index >= 15 is 0 Å². The van der Waals surface area contributed by atoms with Gasteiger partial charge < -0.3 is 20.7 Å². The number of nitrogens with zero attached hydrogens (tertiary/aromatic N) is 3. The largest absolute Gasteiger partial charge is 0.471 e. The zero-order valence-corrected chi connectivity index (χ0v) is 26.3. The van der Waals surface area contributed by atoms with Crippen LogP contribution in [0.1, 0.15) is 70.4 Å². The van der Waals surface area contributed by atoms with Gasteiger partial charge in [-0.25, -0.2) is 18.4 Å². The van der Waals surface area contributed by atoms with Crippen LogP contribution < -0.4 is 20.5 Å². The third kappa shape index (κ3) is 6.57. The molecule has 6 rings (SSSR count). The third-order valence-corrected chi connectivity index (χ3v) is 10.9. The summed E-state index contributed by atoms with van der Waals surface area (Å²) < 4.78 is 62.8. The Morgan fingerprint density at radius 3 is 2.54 bits per heavy atom. The zero-order valence-electron chi connectivity index (χ0n) is 25.5. The number of allylic oxidation sites excluding steroid dienone is 1. The van der Waals surface area contributed by atoms with Crippen molar-refractivity contribution in [2.75, 3.05) is 6.54 Å². The molecule has 0 radical (unpaired) electrons. The van der Waals surface area contributed by atoms with Gasteiger partial charge in [-0.15, -0.1) is 0 Å². The molecule has 12 nitrogen and oxygen atoms in total. The van der Waals surface area contributed by atoms with Gasteiger partial charge in [0.25, 0.3) is 11.8 Å². The van der Waals surface area contributed by atoms with Crippen LogP contribution in [0.5, 0.6) is 5.88 Å². The van der Waals surface area contributed by atoms with E-state index in [0.717, 1.165) is 19.3 Å². The van der Waals surface area contributed by atoms with Crippen LogP contribution >= 0.6 is 0 Å². The Bertz CT molecular complexity index is 1680. The molecule has 3 heterocycles. The number of sulfonamides is 1. The second-order valence-electron chi connectivity index (χ2n) is 12.9. The van der Waals surface area contributed by atoms with Gasteiger partial charge in [0.15, 0.2) is 5.69 Å². The number of halogens is 2. The number of benzene rings is 1. The minimum absolute atomic E-state index is 0.105. The van der Waals surface area contributed by atoms with Gasteiger partial charge in [0.05, 0.1) is 28.9 Å². The molecule has 2 aliphatic carbocycles. The fourth-order valence-corrected chi connectivity index (χ4v) is 7.62. The number of para-hydroxylation sites is 2. The monoisotopic (exact) mass is 660 g/mol. The van der Waals surface area contributed by atoms with E-state index in [1.165, 1.54) is 4.90 Å². The Kier molecular flexibility index (Phi) is 8.51. The van der Waals surface area contributed by atoms with E-state index < -0.39 is 80.1 Å². The van der Waals surface area contributed by atoms with Crippen LogP contribution in [0.4, 0.5) is 8.78 Å². The first-order chi connectivity index (χ1) is 21.8. The van der Waals surface area contributed by atoms with Crippen molar-refractivity contribution in [3.8, 4) is 5.88 Å². The first-order valence-electron chi connectivity index (χ1n) is 15.7. The minimum Gasteiger partial charge on any atom is -0.471 e. The first kappa shape index (κ1) is 32.2. The van der Waals surface area contributed by atoms with E-state index in [0.29, 0.717) is 38.1 Å². The molecule has 1 aromatic carbocycles. The van der Waals surface area contributed by atoms with Gasteiger partial charge in [-0.05, 0) is 50.7 Å². The predicted molar refractivity (Wildman–Crippen MR) is 163 cm³/mol. The Morgan fingerprint density at radius 1 is 1.13 bits per heavy atom. The highest BCUT2D eigenvalue weighted by Crippen LogP contribution is 2.46. The number of aromatic nitrogens is 2. The average molecular weight is 661 g/mol. The molecular weight excluding hydrogens is 622 g/mol. The molecule has 3 amide bonds. The third-order valence-electron chi connectivity index (χ3n) is 9.12. The number of alkyl halides is 2. The highest BCUT2D eigenvalue weighted by atomic mass is 32.2. The SMILES string of the molecule is CC(F)(F)c1nc2ccccc2nc1O[C@@H]1C[C@H]2C(=O)N[C@]3(C(=O)NS(=O)(=O)C4CC4)C[C@H]3C=CCCCCC[C@H](N)C(=O)N2C1. The maximum absolute atomic E-state index is 14.7. The summed E-state index contributed by atoms with van der Waals surface area (Å²) in [6.45, 7) is 0.536. The number of hydrogen-bond donors (Lipinski definition) is 3. The van der Waals surface area contributed by atoms with E-state index in [-0.39, 0.29) is 24.9 Å². The number of carbonyl (C=O) groups is 3. The summed E-state index contributed by atoms with van der Waals surface area (Å²) in [5, 5.41) is 2.13. The summed E-state index contributed by atoms with van der Waals surface area (Å²) >= 11 is 0. The number of nitrogens with one attached hydrogen (secondary N) is 2. The van der Waals surface area contributed by atoms with Crippen molar-refractivity contribution >= 4 is 38.8 Å². The smallest absolute Gasteiger partial charge is 0.292 e. The molecule has 1 aromatic heterocycles. The number of rotatable bonds is 6.